The van der Waals surface area contributed by atoms with E-state index >= 15 is 0 Å². The molecule has 0 atom stereocenters. The van der Waals surface area contributed by atoms with Gasteiger partial charge in [-0.3, -0.25) is 0 Å². The van der Waals surface area contributed by atoms with Crippen LogP contribution in [-0.4, -0.2) is 23.4 Å². The first-order valence-corrected chi connectivity index (χ1v) is 4.02. The second kappa shape index (κ2) is 4.79. The van der Waals surface area contributed by atoms with Crippen LogP contribution in [0.2, 0.25) is 0 Å². The molecule has 0 fully saturated rings. The van der Waals surface area contributed by atoms with Gasteiger partial charge in [-0.05, 0) is 17.7 Å². The number of aliphatic hydroxyl groups excluding tert-OH is 1. The summed E-state index contributed by atoms with van der Waals surface area (Å²) in [4.78, 5) is 0. The summed E-state index contributed by atoms with van der Waals surface area (Å²) >= 11 is 0. The van der Waals surface area contributed by atoms with Gasteiger partial charge < -0.3 is 15.5 Å². The number of halogens is 1. The number of aliphatic hydroxyl groups is 1. The third-order valence-electron chi connectivity index (χ3n) is 1.56. The average Bonchev–Trinajstić information content (AvgIpc) is 2.03. The van der Waals surface area contributed by atoms with Crippen molar-refractivity contribution in [2.24, 2.45) is 0 Å². The molecule has 0 unspecified atom stereocenters. The monoisotopic (exact) mass is 185 g/mol. The van der Waals surface area contributed by atoms with Crippen molar-refractivity contribution in [1.29, 1.82) is 0 Å². The zero-order valence-electron chi connectivity index (χ0n) is 7.13. The number of nitrogens with one attached hydrogen (secondary N) is 1. The lowest BCUT2D eigenvalue weighted by atomic mass is 10.2. The molecule has 0 amide bonds. The minimum Gasteiger partial charge on any atom is -0.508 e. The van der Waals surface area contributed by atoms with E-state index in [0.717, 1.165) is 6.07 Å². The van der Waals surface area contributed by atoms with E-state index in [-0.39, 0.29) is 12.4 Å². The van der Waals surface area contributed by atoms with E-state index in [4.69, 9.17) is 10.2 Å². The van der Waals surface area contributed by atoms with Crippen molar-refractivity contribution in [3.63, 3.8) is 0 Å². The van der Waals surface area contributed by atoms with Gasteiger partial charge in [0.1, 0.15) is 11.6 Å². The van der Waals surface area contributed by atoms with Gasteiger partial charge >= 0.3 is 0 Å². The van der Waals surface area contributed by atoms with Crippen molar-refractivity contribution in [2.45, 2.75) is 6.54 Å². The number of hydrogen-bond acceptors (Lipinski definition) is 3. The molecule has 1 aromatic rings. The van der Waals surface area contributed by atoms with Crippen molar-refractivity contribution in [3.8, 4) is 5.75 Å². The van der Waals surface area contributed by atoms with E-state index in [2.05, 4.69) is 5.32 Å². The third kappa shape index (κ3) is 3.40. The van der Waals surface area contributed by atoms with Crippen LogP contribution in [0.4, 0.5) is 4.39 Å². The Morgan fingerprint density at radius 1 is 1.31 bits per heavy atom. The first-order chi connectivity index (χ1) is 6.22. The van der Waals surface area contributed by atoms with E-state index in [1.807, 2.05) is 0 Å². The third-order valence-corrected chi connectivity index (χ3v) is 1.56. The highest BCUT2D eigenvalue weighted by molar-refractivity contribution is 5.28. The fraction of sp³-hybridized carbons (Fsp3) is 0.333. The first-order valence-electron chi connectivity index (χ1n) is 4.02. The zero-order chi connectivity index (χ0) is 9.68. The van der Waals surface area contributed by atoms with Crippen LogP contribution in [0.1, 0.15) is 5.56 Å². The topological polar surface area (TPSA) is 52.5 Å². The Morgan fingerprint density at radius 2 is 2.08 bits per heavy atom. The number of aromatic hydroxyl groups is 1. The normalized spacial score (nSPS) is 10.3. The molecule has 0 aliphatic rings. The SMILES string of the molecule is OCCNCc1cc(O)cc(F)c1. The van der Waals surface area contributed by atoms with Gasteiger partial charge in [-0.2, -0.15) is 0 Å². The van der Waals surface area contributed by atoms with Crippen LogP contribution < -0.4 is 5.32 Å². The highest BCUT2D eigenvalue weighted by Gasteiger charge is 1.98. The van der Waals surface area contributed by atoms with Crippen LogP contribution in [0, 0.1) is 5.82 Å². The Balaban J connectivity index is 2.56. The molecule has 0 aromatic heterocycles. The van der Waals surface area contributed by atoms with E-state index in [1.165, 1.54) is 12.1 Å². The summed E-state index contributed by atoms with van der Waals surface area (Å²) in [6.45, 7) is 0.935. The summed E-state index contributed by atoms with van der Waals surface area (Å²) < 4.78 is 12.7. The van der Waals surface area contributed by atoms with Crippen LogP contribution >= 0.6 is 0 Å². The molecule has 0 bridgehead atoms. The van der Waals surface area contributed by atoms with Crippen molar-refractivity contribution in [2.75, 3.05) is 13.2 Å². The molecular weight excluding hydrogens is 173 g/mol. The van der Waals surface area contributed by atoms with Gasteiger partial charge in [0.2, 0.25) is 0 Å². The van der Waals surface area contributed by atoms with E-state index < -0.39 is 5.82 Å². The molecular formula is C9H12FNO2. The minimum atomic E-state index is -0.458. The molecule has 0 saturated carbocycles. The molecule has 3 nitrogen and oxygen atoms in total. The first kappa shape index (κ1) is 9.95. The second-order valence-corrected chi connectivity index (χ2v) is 2.72. The van der Waals surface area contributed by atoms with E-state index in [0.29, 0.717) is 18.7 Å². The van der Waals surface area contributed by atoms with Crippen LogP contribution in [0.25, 0.3) is 0 Å². The predicted molar refractivity (Wildman–Crippen MR) is 46.9 cm³/mol. The maximum absolute atomic E-state index is 12.7. The smallest absolute Gasteiger partial charge is 0.127 e. The van der Waals surface area contributed by atoms with Gasteiger partial charge in [0, 0.05) is 19.2 Å². The largest absolute Gasteiger partial charge is 0.508 e. The maximum atomic E-state index is 12.7. The Hall–Kier alpha value is -1.13. The summed E-state index contributed by atoms with van der Waals surface area (Å²) in [5.41, 5.74) is 0.658. The minimum absolute atomic E-state index is 0.0430. The van der Waals surface area contributed by atoms with Crippen LogP contribution in [0.15, 0.2) is 18.2 Å². The van der Waals surface area contributed by atoms with Crippen LogP contribution in [0.3, 0.4) is 0 Å². The summed E-state index contributed by atoms with van der Waals surface area (Å²) in [5.74, 6) is -0.540. The summed E-state index contributed by atoms with van der Waals surface area (Å²) in [7, 11) is 0. The molecule has 0 saturated heterocycles. The fourth-order valence-corrected chi connectivity index (χ4v) is 1.05. The highest BCUT2D eigenvalue weighted by atomic mass is 19.1. The molecule has 1 rings (SSSR count). The Bertz CT molecular complexity index is 258. The summed E-state index contributed by atoms with van der Waals surface area (Å²) in [5, 5.41) is 20.4. The van der Waals surface area contributed by atoms with Gasteiger partial charge in [0.15, 0.2) is 0 Å². The van der Waals surface area contributed by atoms with Gasteiger partial charge in [-0.25, -0.2) is 4.39 Å². The van der Waals surface area contributed by atoms with E-state index in [9.17, 15) is 4.39 Å². The quantitative estimate of drug-likeness (QED) is 0.602. The average molecular weight is 185 g/mol. The molecule has 0 spiro atoms. The van der Waals surface area contributed by atoms with E-state index in [1.54, 1.807) is 0 Å². The molecule has 0 aliphatic heterocycles. The van der Waals surface area contributed by atoms with Gasteiger partial charge in [-0.15, -0.1) is 0 Å². The fourth-order valence-electron chi connectivity index (χ4n) is 1.05. The molecule has 0 radical (unpaired) electrons. The van der Waals surface area contributed by atoms with Crippen LogP contribution in [0.5, 0.6) is 5.75 Å². The number of phenolic OH excluding ortho intramolecular Hbond substituents is 1. The van der Waals surface area contributed by atoms with Gasteiger partial charge in [0.05, 0.1) is 6.61 Å². The number of hydrogen-bond donors (Lipinski definition) is 3. The highest BCUT2D eigenvalue weighted by Crippen LogP contribution is 2.13. The standard InChI is InChI=1S/C9H12FNO2/c10-8-3-7(4-9(13)5-8)6-11-1-2-12/h3-5,11-13H,1-2,6H2. The maximum Gasteiger partial charge on any atom is 0.127 e. The number of benzene rings is 1. The lowest BCUT2D eigenvalue weighted by Crippen LogP contribution is -2.17. The molecule has 3 N–H and O–H groups in total. The molecule has 0 aliphatic carbocycles. The molecule has 72 valence electrons. The predicted octanol–water partition coefficient (Wildman–Crippen LogP) is 0.613. The van der Waals surface area contributed by atoms with Crippen molar-refractivity contribution < 1.29 is 14.6 Å². The molecule has 4 heteroatoms. The number of rotatable bonds is 4. The molecule has 1 aromatic carbocycles. The Kier molecular flexibility index (Phi) is 3.67. The second-order valence-electron chi connectivity index (χ2n) is 2.72. The van der Waals surface area contributed by atoms with Crippen molar-refractivity contribution in [3.05, 3.63) is 29.6 Å². The Labute approximate surface area is 75.8 Å². The lowest BCUT2D eigenvalue weighted by Gasteiger charge is -2.03. The summed E-state index contributed by atoms with van der Waals surface area (Å²) in [6, 6.07) is 3.87. The van der Waals surface area contributed by atoms with Crippen molar-refractivity contribution >= 4 is 0 Å². The van der Waals surface area contributed by atoms with Gasteiger partial charge in [0.25, 0.3) is 0 Å². The molecule has 13 heavy (non-hydrogen) atoms. The lowest BCUT2D eigenvalue weighted by molar-refractivity contribution is 0.292. The number of phenols is 1. The van der Waals surface area contributed by atoms with Gasteiger partial charge in [-0.1, -0.05) is 0 Å². The van der Waals surface area contributed by atoms with Crippen LogP contribution in [-0.2, 0) is 6.54 Å². The van der Waals surface area contributed by atoms with Crippen molar-refractivity contribution in [1.82, 2.24) is 5.32 Å². The molecule has 0 heterocycles. The Morgan fingerprint density at radius 3 is 2.69 bits per heavy atom. The zero-order valence-corrected chi connectivity index (χ0v) is 7.13. The summed E-state index contributed by atoms with van der Waals surface area (Å²) in [6.07, 6.45) is 0.